The van der Waals surface area contributed by atoms with Crippen molar-refractivity contribution in [2.45, 2.75) is 37.3 Å². The minimum Gasteiger partial charge on any atom is -0.468 e. The van der Waals surface area contributed by atoms with Crippen molar-refractivity contribution in [3.05, 3.63) is 70.2 Å². The van der Waals surface area contributed by atoms with Gasteiger partial charge in [0.1, 0.15) is 25.2 Å². The maximum Gasteiger partial charge on any atom is 0.408 e. The number of alkyl carbamates (subject to hydrolysis) is 1. The number of halogens is 1. The highest BCUT2D eigenvalue weighted by Crippen LogP contribution is 2.17. The second kappa shape index (κ2) is 17.9. The normalized spacial score (nSPS) is 11.9. The molecule has 13 heteroatoms. The van der Waals surface area contributed by atoms with E-state index in [2.05, 4.69) is 36.6 Å². The molecule has 0 aromatic heterocycles. The molecule has 11 nitrogen and oxygen atoms in total. The second-order valence-electron chi connectivity index (χ2n) is 8.38. The van der Waals surface area contributed by atoms with Crippen molar-refractivity contribution in [3.63, 3.8) is 0 Å². The lowest BCUT2D eigenvalue weighted by Crippen LogP contribution is -2.50. The molecule has 0 aliphatic heterocycles. The van der Waals surface area contributed by atoms with Crippen molar-refractivity contribution in [1.82, 2.24) is 16.0 Å². The SMILES string of the molecule is COC(=O)CNC(=O)C(CSCc1ccc(Br)cc1)NC(=O)CCC(NC(=O)OCc1ccccc1)C(=O)OC. The quantitative estimate of drug-likeness (QED) is 0.198. The molecule has 216 valence electrons. The first-order valence-corrected chi connectivity index (χ1v) is 14.2. The number of hydrogen-bond donors (Lipinski definition) is 3. The van der Waals surface area contributed by atoms with Gasteiger partial charge in [0.25, 0.3) is 0 Å². The van der Waals surface area contributed by atoms with Crippen LogP contribution in [0.2, 0.25) is 0 Å². The standard InChI is InChI=1S/C27H32BrN3O8S/c1-37-24(33)14-29-25(34)22(17-40-16-19-8-10-20(28)11-9-19)30-23(32)13-12-21(26(35)38-2)31-27(36)39-15-18-6-4-3-5-7-18/h3-11,21-22H,12-17H2,1-2H3,(H,29,34)(H,30,32)(H,31,36). The fraction of sp³-hybridized carbons (Fsp3) is 0.370. The van der Waals surface area contributed by atoms with Gasteiger partial charge >= 0.3 is 18.0 Å². The number of thioether (sulfide) groups is 1. The predicted octanol–water partition coefficient (Wildman–Crippen LogP) is 2.70. The molecule has 2 atom stereocenters. The van der Waals surface area contributed by atoms with Crippen LogP contribution in [0.15, 0.2) is 59.1 Å². The van der Waals surface area contributed by atoms with Gasteiger partial charge in [0, 0.05) is 22.4 Å². The fourth-order valence-electron chi connectivity index (χ4n) is 3.25. The average molecular weight is 639 g/mol. The number of rotatable bonds is 15. The highest BCUT2D eigenvalue weighted by Gasteiger charge is 2.26. The molecule has 3 N–H and O–H groups in total. The first-order chi connectivity index (χ1) is 19.2. The molecule has 0 aliphatic rings. The largest absolute Gasteiger partial charge is 0.468 e. The van der Waals surface area contributed by atoms with Crippen molar-refractivity contribution >= 4 is 57.5 Å². The second-order valence-corrected chi connectivity index (χ2v) is 10.3. The van der Waals surface area contributed by atoms with Crippen molar-refractivity contribution in [3.8, 4) is 0 Å². The number of esters is 2. The molecular weight excluding hydrogens is 606 g/mol. The first kappa shape index (κ1) is 32.6. The number of nitrogens with one attached hydrogen (secondary N) is 3. The summed E-state index contributed by atoms with van der Waals surface area (Å²) in [6.45, 7) is -0.347. The van der Waals surface area contributed by atoms with E-state index >= 15 is 0 Å². The monoisotopic (exact) mass is 637 g/mol. The zero-order valence-corrected chi connectivity index (χ0v) is 24.5. The molecular formula is C27H32BrN3O8S. The summed E-state index contributed by atoms with van der Waals surface area (Å²) in [5.41, 5.74) is 1.79. The highest BCUT2D eigenvalue weighted by molar-refractivity contribution is 9.10. The van der Waals surface area contributed by atoms with E-state index in [1.807, 2.05) is 30.3 Å². The van der Waals surface area contributed by atoms with E-state index in [0.717, 1.165) is 22.7 Å². The van der Waals surface area contributed by atoms with Crippen LogP contribution in [0.25, 0.3) is 0 Å². The van der Waals surface area contributed by atoms with Gasteiger partial charge in [0.2, 0.25) is 11.8 Å². The molecule has 40 heavy (non-hydrogen) atoms. The Hall–Kier alpha value is -3.58. The van der Waals surface area contributed by atoms with Gasteiger partial charge in [-0.15, -0.1) is 0 Å². The summed E-state index contributed by atoms with van der Waals surface area (Å²) >= 11 is 4.80. The predicted molar refractivity (Wildman–Crippen MR) is 152 cm³/mol. The van der Waals surface area contributed by atoms with Crippen LogP contribution in [-0.2, 0) is 45.7 Å². The average Bonchev–Trinajstić information content (AvgIpc) is 2.97. The summed E-state index contributed by atoms with van der Waals surface area (Å²) < 4.78 is 15.4. The first-order valence-electron chi connectivity index (χ1n) is 12.2. The van der Waals surface area contributed by atoms with Crippen LogP contribution < -0.4 is 16.0 Å². The Kier molecular flexibility index (Phi) is 14.6. The number of carbonyl (C=O) groups excluding carboxylic acids is 5. The zero-order valence-electron chi connectivity index (χ0n) is 22.1. The van der Waals surface area contributed by atoms with Crippen LogP contribution in [0.3, 0.4) is 0 Å². The third kappa shape index (κ3) is 12.5. The Morgan fingerprint density at radius 3 is 2.23 bits per heavy atom. The van der Waals surface area contributed by atoms with Gasteiger partial charge in [-0.05, 0) is 29.7 Å². The maximum absolute atomic E-state index is 12.7. The van der Waals surface area contributed by atoms with Crippen LogP contribution in [0.5, 0.6) is 0 Å². The highest BCUT2D eigenvalue weighted by atomic mass is 79.9. The Morgan fingerprint density at radius 1 is 0.875 bits per heavy atom. The molecule has 0 fully saturated rings. The van der Waals surface area contributed by atoms with Gasteiger partial charge in [0.05, 0.1) is 14.2 Å². The third-order valence-corrected chi connectivity index (χ3v) is 7.04. The van der Waals surface area contributed by atoms with Crippen molar-refractivity contribution in [2.75, 3.05) is 26.5 Å². The summed E-state index contributed by atoms with van der Waals surface area (Å²) in [5, 5.41) is 7.50. The zero-order chi connectivity index (χ0) is 29.3. The summed E-state index contributed by atoms with van der Waals surface area (Å²) in [7, 11) is 2.36. The molecule has 3 amide bonds. The molecule has 2 aromatic rings. The van der Waals surface area contributed by atoms with E-state index in [-0.39, 0.29) is 31.7 Å². The summed E-state index contributed by atoms with van der Waals surface area (Å²) in [6.07, 6.45) is -1.14. The molecule has 0 saturated heterocycles. The molecule has 0 aliphatic carbocycles. The summed E-state index contributed by atoms with van der Waals surface area (Å²) in [6, 6.07) is 14.6. The number of carbonyl (C=O) groups is 5. The summed E-state index contributed by atoms with van der Waals surface area (Å²) in [4.78, 5) is 61.3. The lowest BCUT2D eigenvalue weighted by Gasteiger charge is -2.19. The molecule has 0 saturated carbocycles. The lowest BCUT2D eigenvalue weighted by atomic mass is 10.1. The van der Waals surface area contributed by atoms with Gasteiger partial charge in [-0.2, -0.15) is 11.8 Å². The van der Waals surface area contributed by atoms with Crippen LogP contribution in [0.1, 0.15) is 24.0 Å². The number of amides is 3. The number of hydrogen-bond acceptors (Lipinski definition) is 9. The minimum absolute atomic E-state index is 0.00133. The van der Waals surface area contributed by atoms with Crippen LogP contribution >= 0.6 is 27.7 Å². The van der Waals surface area contributed by atoms with E-state index in [0.29, 0.717) is 5.75 Å². The van der Waals surface area contributed by atoms with E-state index in [1.54, 1.807) is 24.3 Å². The minimum atomic E-state index is -1.14. The molecule has 0 bridgehead atoms. The Bertz CT molecular complexity index is 1130. The van der Waals surface area contributed by atoms with Gasteiger partial charge in [-0.1, -0.05) is 58.4 Å². The lowest BCUT2D eigenvalue weighted by molar-refractivity contribution is -0.143. The topological polar surface area (TPSA) is 149 Å². The van der Waals surface area contributed by atoms with Gasteiger partial charge < -0.3 is 30.2 Å². The molecule has 0 spiro atoms. The van der Waals surface area contributed by atoms with Gasteiger partial charge in [-0.25, -0.2) is 9.59 Å². The van der Waals surface area contributed by atoms with Gasteiger partial charge in [-0.3, -0.25) is 14.4 Å². The maximum atomic E-state index is 12.7. The van der Waals surface area contributed by atoms with Crippen LogP contribution in [0, 0.1) is 0 Å². The van der Waals surface area contributed by atoms with Gasteiger partial charge in [0.15, 0.2) is 0 Å². The summed E-state index contributed by atoms with van der Waals surface area (Å²) in [5.74, 6) is -1.66. The molecule has 2 rings (SSSR count). The van der Waals surface area contributed by atoms with E-state index in [9.17, 15) is 24.0 Å². The molecule has 0 heterocycles. The van der Waals surface area contributed by atoms with Crippen molar-refractivity contribution in [1.29, 1.82) is 0 Å². The molecule has 0 radical (unpaired) electrons. The van der Waals surface area contributed by atoms with E-state index in [1.165, 1.54) is 18.9 Å². The third-order valence-electron chi connectivity index (χ3n) is 5.40. The van der Waals surface area contributed by atoms with Crippen molar-refractivity contribution in [2.24, 2.45) is 0 Å². The number of methoxy groups -OCH3 is 2. The Labute approximate surface area is 245 Å². The fourth-order valence-corrected chi connectivity index (χ4v) is 4.53. The van der Waals surface area contributed by atoms with Crippen LogP contribution in [-0.4, -0.2) is 68.4 Å². The van der Waals surface area contributed by atoms with E-state index in [4.69, 9.17) is 9.47 Å². The molecule has 2 aromatic carbocycles. The number of ether oxygens (including phenoxy) is 3. The van der Waals surface area contributed by atoms with Crippen LogP contribution in [0.4, 0.5) is 4.79 Å². The number of benzene rings is 2. The Balaban J connectivity index is 1.93. The van der Waals surface area contributed by atoms with E-state index < -0.39 is 41.9 Å². The smallest absolute Gasteiger partial charge is 0.408 e. The van der Waals surface area contributed by atoms with Crippen molar-refractivity contribution < 1.29 is 38.2 Å². The Morgan fingerprint density at radius 2 is 1.57 bits per heavy atom. The molecule has 2 unspecified atom stereocenters.